The van der Waals surface area contributed by atoms with Crippen LogP contribution >= 0.6 is 0 Å². The third-order valence-corrected chi connectivity index (χ3v) is 2.09. The second-order valence-corrected chi connectivity index (χ2v) is 3.33. The zero-order valence-electron chi connectivity index (χ0n) is 7.14. The summed E-state index contributed by atoms with van der Waals surface area (Å²) >= 11 is 0. The van der Waals surface area contributed by atoms with Crippen molar-refractivity contribution in [3.8, 4) is 0 Å². The van der Waals surface area contributed by atoms with Crippen LogP contribution in [-0.2, 0) is 13.6 Å². The minimum absolute atomic E-state index is 0.117. The number of hydrogen-bond acceptors (Lipinski definition) is 3. The Labute approximate surface area is 71.4 Å². The van der Waals surface area contributed by atoms with Crippen LogP contribution in [0, 0.1) is 0 Å². The molecule has 66 valence electrons. The maximum absolute atomic E-state index is 9.03. The average molecular weight is 167 g/mol. The zero-order valence-corrected chi connectivity index (χ0v) is 7.14. The molecule has 1 fully saturated rings. The first-order chi connectivity index (χ1) is 5.74. The topological polar surface area (TPSA) is 41.3 Å². The van der Waals surface area contributed by atoms with Crippen LogP contribution in [0.5, 0.6) is 0 Å². The van der Waals surface area contributed by atoms with Gasteiger partial charge in [0.15, 0.2) is 0 Å². The van der Waals surface area contributed by atoms with Gasteiger partial charge in [-0.2, -0.15) is 5.10 Å². The van der Waals surface area contributed by atoms with Gasteiger partial charge in [-0.15, -0.1) is 0 Å². The quantitative estimate of drug-likeness (QED) is 0.651. The third-order valence-electron chi connectivity index (χ3n) is 2.09. The number of aliphatic hydroxyl groups is 1. The lowest BCUT2D eigenvalue weighted by Gasteiger charge is -2.35. The van der Waals surface area contributed by atoms with Gasteiger partial charge in [0, 0.05) is 32.9 Å². The molecule has 0 aromatic carbocycles. The van der Waals surface area contributed by atoms with Crippen LogP contribution in [0.2, 0.25) is 0 Å². The molecule has 1 N–H and O–H groups in total. The van der Waals surface area contributed by atoms with Gasteiger partial charge in [-0.25, -0.2) is 0 Å². The molecule has 0 bridgehead atoms. The number of rotatable bonds is 2. The van der Waals surface area contributed by atoms with Crippen molar-refractivity contribution in [2.45, 2.75) is 12.6 Å². The summed E-state index contributed by atoms with van der Waals surface area (Å²) in [5.41, 5.74) is 1.07. The maximum Gasteiger partial charge on any atom is 0.0794 e. The van der Waals surface area contributed by atoms with Crippen LogP contribution in [0.4, 0.5) is 0 Å². The summed E-state index contributed by atoms with van der Waals surface area (Å²) in [6.07, 6.45) is 1.82. The van der Waals surface area contributed by atoms with E-state index < -0.39 is 0 Å². The summed E-state index contributed by atoms with van der Waals surface area (Å²) in [7, 11) is 1.91. The highest BCUT2D eigenvalue weighted by molar-refractivity contribution is 4.99. The van der Waals surface area contributed by atoms with Crippen molar-refractivity contribution >= 4 is 0 Å². The summed E-state index contributed by atoms with van der Waals surface area (Å²) in [6.45, 7) is 2.44. The van der Waals surface area contributed by atoms with Gasteiger partial charge in [0.1, 0.15) is 0 Å². The summed E-state index contributed by atoms with van der Waals surface area (Å²) in [4.78, 5) is 2.17. The highest BCUT2D eigenvalue weighted by Crippen LogP contribution is 2.10. The first kappa shape index (κ1) is 7.76. The molecule has 0 unspecified atom stereocenters. The second-order valence-electron chi connectivity index (χ2n) is 3.33. The van der Waals surface area contributed by atoms with Crippen LogP contribution in [-0.4, -0.2) is 39.0 Å². The number of likely N-dealkylation sites (tertiary alicyclic amines) is 1. The van der Waals surface area contributed by atoms with Crippen molar-refractivity contribution in [1.29, 1.82) is 0 Å². The Kier molecular flexibility index (Phi) is 1.86. The molecule has 12 heavy (non-hydrogen) atoms. The summed E-state index contributed by atoms with van der Waals surface area (Å²) < 4.78 is 1.80. The standard InChI is InChI=1S/C8H13N3O/c1-10-3-2-7(9-10)4-11-5-8(12)6-11/h2-3,8,12H,4-6H2,1H3. The molecule has 1 aromatic rings. The van der Waals surface area contributed by atoms with E-state index in [9.17, 15) is 0 Å². The predicted octanol–water partition coefficient (Wildman–Crippen LogP) is -0.403. The minimum Gasteiger partial charge on any atom is -0.390 e. The number of hydrogen-bond donors (Lipinski definition) is 1. The van der Waals surface area contributed by atoms with Crippen molar-refractivity contribution in [3.05, 3.63) is 18.0 Å². The number of aromatic nitrogens is 2. The van der Waals surface area contributed by atoms with Gasteiger partial charge < -0.3 is 5.11 Å². The van der Waals surface area contributed by atoms with E-state index in [1.54, 1.807) is 4.68 Å². The van der Waals surface area contributed by atoms with E-state index in [0.717, 1.165) is 25.3 Å². The van der Waals surface area contributed by atoms with Crippen LogP contribution < -0.4 is 0 Å². The van der Waals surface area contributed by atoms with E-state index in [2.05, 4.69) is 10.00 Å². The molecule has 1 aliphatic heterocycles. The molecule has 0 amide bonds. The van der Waals surface area contributed by atoms with Gasteiger partial charge in [0.2, 0.25) is 0 Å². The Hall–Kier alpha value is -0.870. The Morgan fingerprint density at radius 1 is 1.67 bits per heavy atom. The van der Waals surface area contributed by atoms with Gasteiger partial charge in [0.25, 0.3) is 0 Å². The van der Waals surface area contributed by atoms with Crippen molar-refractivity contribution in [1.82, 2.24) is 14.7 Å². The summed E-state index contributed by atoms with van der Waals surface area (Å²) in [5.74, 6) is 0. The fraction of sp³-hybridized carbons (Fsp3) is 0.625. The minimum atomic E-state index is -0.117. The van der Waals surface area contributed by atoms with Gasteiger partial charge in [-0.1, -0.05) is 0 Å². The molecule has 4 nitrogen and oxygen atoms in total. The van der Waals surface area contributed by atoms with E-state index in [1.165, 1.54) is 0 Å². The first-order valence-electron chi connectivity index (χ1n) is 4.13. The van der Waals surface area contributed by atoms with E-state index >= 15 is 0 Å². The smallest absolute Gasteiger partial charge is 0.0794 e. The Balaban J connectivity index is 1.88. The molecular formula is C8H13N3O. The zero-order chi connectivity index (χ0) is 8.55. The van der Waals surface area contributed by atoms with Gasteiger partial charge in [-0.05, 0) is 6.07 Å². The molecule has 0 aliphatic carbocycles. The number of nitrogens with zero attached hydrogens (tertiary/aromatic N) is 3. The lowest BCUT2D eigenvalue weighted by atomic mass is 10.1. The highest BCUT2D eigenvalue weighted by atomic mass is 16.3. The number of aryl methyl sites for hydroxylation is 1. The van der Waals surface area contributed by atoms with Crippen LogP contribution in [0.15, 0.2) is 12.3 Å². The molecule has 0 radical (unpaired) electrons. The molecule has 1 aliphatic rings. The van der Waals surface area contributed by atoms with Gasteiger partial charge in [-0.3, -0.25) is 9.58 Å². The number of aliphatic hydroxyl groups excluding tert-OH is 1. The van der Waals surface area contributed by atoms with Crippen molar-refractivity contribution in [3.63, 3.8) is 0 Å². The maximum atomic E-state index is 9.03. The normalized spacial score (nSPS) is 19.5. The molecule has 1 saturated heterocycles. The van der Waals surface area contributed by atoms with Crippen LogP contribution in [0.1, 0.15) is 5.69 Å². The Morgan fingerprint density at radius 2 is 2.42 bits per heavy atom. The molecule has 0 saturated carbocycles. The first-order valence-corrected chi connectivity index (χ1v) is 4.13. The van der Waals surface area contributed by atoms with E-state index in [-0.39, 0.29) is 6.10 Å². The average Bonchev–Trinajstić information content (AvgIpc) is 2.33. The predicted molar refractivity (Wildman–Crippen MR) is 44.5 cm³/mol. The number of β-amino-alcohol motifs (C(OH)–C–C–N with tert-alkyl or cyclic N) is 1. The van der Waals surface area contributed by atoms with Crippen molar-refractivity contribution in [2.24, 2.45) is 7.05 Å². The summed E-state index contributed by atoms with van der Waals surface area (Å²) in [5, 5.41) is 13.3. The van der Waals surface area contributed by atoms with Gasteiger partial charge >= 0.3 is 0 Å². The Morgan fingerprint density at radius 3 is 2.92 bits per heavy atom. The van der Waals surface area contributed by atoms with Crippen molar-refractivity contribution < 1.29 is 5.11 Å². The lowest BCUT2D eigenvalue weighted by Crippen LogP contribution is -2.49. The molecule has 0 spiro atoms. The molecule has 0 atom stereocenters. The van der Waals surface area contributed by atoms with E-state index in [4.69, 9.17) is 5.11 Å². The molecule has 4 heteroatoms. The SMILES string of the molecule is Cn1ccc(CN2CC(O)C2)n1. The van der Waals surface area contributed by atoms with Gasteiger partial charge in [0.05, 0.1) is 11.8 Å². The van der Waals surface area contributed by atoms with Crippen LogP contribution in [0.25, 0.3) is 0 Å². The Bertz CT molecular complexity index is 265. The lowest BCUT2D eigenvalue weighted by molar-refractivity contribution is -0.00361. The summed E-state index contributed by atoms with van der Waals surface area (Å²) in [6, 6.07) is 2.00. The van der Waals surface area contributed by atoms with Crippen LogP contribution in [0.3, 0.4) is 0 Å². The molecule has 2 heterocycles. The third kappa shape index (κ3) is 1.49. The molecule has 1 aromatic heterocycles. The fourth-order valence-corrected chi connectivity index (χ4v) is 1.45. The highest BCUT2D eigenvalue weighted by Gasteiger charge is 2.24. The largest absolute Gasteiger partial charge is 0.390 e. The molecule has 2 rings (SSSR count). The fourth-order valence-electron chi connectivity index (χ4n) is 1.45. The monoisotopic (exact) mass is 167 g/mol. The van der Waals surface area contributed by atoms with E-state index in [0.29, 0.717) is 0 Å². The second kappa shape index (κ2) is 2.88. The molecular weight excluding hydrogens is 154 g/mol. The van der Waals surface area contributed by atoms with Crippen molar-refractivity contribution in [2.75, 3.05) is 13.1 Å². The van der Waals surface area contributed by atoms with E-state index in [1.807, 2.05) is 19.3 Å².